The Kier molecular flexibility index (Phi) is 4.97. The van der Waals surface area contributed by atoms with E-state index >= 15 is 0 Å². The van der Waals surface area contributed by atoms with E-state index in [4.69, 9.17) is 4.74 Å². The van der Waals surface area contributed by atoms with Crippen LogP contribution in [0.4, 0.5) is 5.69 Å². The van der Waals surface area contributed by atoms with Crippen molar-refractivity contribution < 1.29 is 14.3 Å². The van der Waals surface area contributed by atoms with Crippen molar-refractivity contribution in [2.45, 2.75) is 26.3 Å². The third kappa shape index (κ3) is 3.33. The van der Waals surface area contributed by atoms with E-state index in [9.17, 15) is 9.59 Å². The monoisotopic (exact) mass is 388 g/mol. The molecule has 0 aliphatic carbocycles. The van der Waals surface area contributed by atoms with Crippen LogP contribution in [-0.4, -0.2) is 25.5 Å². The molecule has 0 bridgehead atoms. The van der Waals surface area contributed by atoms with Crippen molar-refractivity contribution in [3.63, 3.8) is 0 Å². The summed E-state index contributed by atoms with van der Waals surface area (Å²) in [4.78, 5) is 27.3. The van der Waals surface area contributed by atoms with Gasteiger partial charge in [0, 0.05) is 10.9 Å². The van der Waals surface area contributed by atoms with Gasteiger partial charge in [0.2, 0.25) is 5.91 Å². The molecular weight excluding hydrogens is 364 g/mol. The maximum absolute atomic E-state index is 12.9. The first kappa shape index (κ1) is 19.0. The fourth-order valence-electron chi connectivity index (χ4n) is 4.06. The normalized spacial score (nSPS) is 13.6. The van der Waals surface area contributed by atoms with Crippen molar-refractivity contribution in [3.8, 4) is 5.75 Å². The van der Waals surface area contributed by atoms with Crippen LogP contribution in [0.15, 0.2) is 54.6 Å². The maximum Gasteiger partial charge on any atom is 0.259 e. The lowest BCUT2D eigenvalue weighted by atomic mass is 10.0. The summed E-state index contributed by atoms with van der Waals surface area (Å²) in [6, 6.07) is 17.3. The van der Waals surface area contributed by atoms with Gasteiger partial charge in [0.15, 0.2) is 0 Å². The Morgan fingerprint density at radius 2 is 1.90 bits per heavy atom. The fraction of sp³-hybridized carbons (Fsp3) is 0.250. The molecule has 3 aromatic carbocycles. The summed E-state index contributed by atoms with van der Waals surface area (Å²) in [5.74, 6) is 0.521. The highest BCUT2D eigenvalue weighted by Gasteiger charge is 2.31. The van der Waals surface area contributed by atoms with E-state index in [2.05, 4.69) is 5.32 Å². The first-order valence-electron chi connectivity index (χ1n) is 9.81. The van der Waals surface area contributed by atoms with Gasteiger partial charge in [-0.05, 0) is 48.1 Å². The SMILES string of the molecule is CCC(NC(=O)CN1C(=O)c2cccc3cccc1c23)c1ccc(OC)c(C)c1. The molecule has 5 nitrogen and oxygen atoms in total. The van der Waals surface area contributed by atoms with E-state index in [1.807, 2.05) is 68.4 Å². The molecule has 2 amide bonds. The highest BCUT2D eigenvalue weighted by molar-refractivity contribution is 6.26. The minimum Gasteiger partial charge on any atom is -0.496 e. The summed E-state index contributed by atoms with van der Waals surface area (Å²) in [6.45, 7) is 4.01. The average Bonchev–Trinajstić information content (AvgIpc) is 3.00. The molecule has 1 N–H and O–H groups in total. The highest BCUT2D eigenvalue weighted by Crippen LogP contribution is 2.37. The minimum absolute atomic E-state index is 0.00172. The third-order valence-corrected chi connectivity index (χ3v) is 5.52. The van der Waals surface area contributed by atoms with Gasteiger partial charge in [0.25, 0.3) is 5.91 Å². The Morgan fingerprint density at radius 3 is 2.59 bits per heavy atom. The molecule has 0 fully saturated rings. The van der Waals surface area contributed by atoms with Gasteiger partial charge in [-0.2, -0.15) is 0 Å². The quantitative estimate of drug-likeness (QED) is 0.682. The molecule has 1 aliphatic rings. The van der Waals surface area contributed by atoms with Crippen LogP contribution in [0.1, 0.15) is 40.9 Å². The number of anilines is 1. The van der Waals surface area contributed by atoms with Crippen molar-refractivity contribution in [1.82, 2.24) is 5.32 Å². The number of hydrogen-bond acceptors (Lipinski definition) is 3. The summed E-state index contributed by atoms with van der Waals surface area (Å²) in [5.41, 5.74) is 3.50. The predicted octanol–water partition coefficient (Wildman–Crippen LogP) is 4.38. The summed E-state index contributed by atoms with van der Waals surface area (Å²) in [7, 11) is 1.65. The van der Waals surface area contributed by atoms with Crippen LogP contribution < -0.4 is 15.0 Å². The van der Waals surface area contributed by atoms with E-state index in [1.54, 1.807) is 12.0 Å². The van der Waals surface area contributed by atoms with Crippen LogP contribution in [0.25, 0.3) is 10.8 Å². The maximum atomic E-state index is 12.9. The Bertz CT molecular complexity index is 1100. The lowest BCUT2D eigenvalue weighted by Gasteiger charge is -2.22. The number of amides is 2. The number of carbonyl (C=O) groups is 2. The van der Waals surface area contributed by atoms with Gasteiger partial charge in [-0.3, -0.25) is 14.5 Å². The van der Waals surface area contributed by atoms with Crippen molar-refractivity contribution >= 4 is 28.3 Å². The topological polar surface area (TPSA) is 58.6 Å². The fourth-order valence-corrected chi connectivity index (χ4v) is 4.06. The average molecular weight is 388 g/mol. The molecule has 0 saturated carbocycles. The smallest absolute Gasteiger partial charge is 0.259 e. The molecule has 1 heterocycles. The Labute approximate surface area is 170 Å². The van der Waals surface area contributed by atoms with Gasteiger partial charge in [-0.25, -0.2) is 0 Å². The summed E-state index contributed by atoms with van der Waals surface area (Å²) < 4.78 is 5.32. The molecule has 29 heavy (non-hydrogen) atoms. The van der Waals surface area contributed by atoms with Gasteiger partial charge < -0.3 is 10.1 Å². The van der Waals surface area contributed by atoms with Crippen LogP contribution in [0.3, 0.4) is 0 Å². The second kappa shape index (κ2) is 7.59. The van der Waals surface area contributed by atoms with Crippen LogP contribution >= 0.6 is 0 Å². The molecule has 4 rings (SSSR count). The summed E-state index contributed by atoms with van der Waals surface area (Å²) in [6.07, 6.45) is 0.751. The van der Waals surface area contributed by atoms with Crippen LogP contribution in [0, 0.1) is 6.92 Å². The van der Waals surface area contributed by atoms with Crippen molar-refractivity contribution in [2.75, 3.05) is 18.6 Å². The van der Waals surface area contributed by atoms with Crippen LogP contribution in [0.2, 0.25) is 0 Å². The number of carbonyl (C=O) groups excluding carboxylic acids is 2. The number of nitrogens with zero attached hydrogens (tertiary/aromatic N) is 1. The first-order valence-corrected chi connectivity index (χ1v) is 9.81. The second-order valence-corrected chi connectivity index (χ2v) is 7.33. The standard InChI is InChI=1S/C24H24N2O3/c1-4-19(17-11-12-21(29-3)15(2)13-17)25-22(27)14-26-20-10-6-8-16-7-5-9-18(23(16)20)24(26)28/h5-13,19H,4,14H2,1-3H3,(H,25,27). The first-order chi connectivity index (χ1) is 14.0. The molecule has 1 aliphatic heterocycles. The summed E-state index contributed by atoms with van der Waals surface area (Å²) >= 11 is 0. The third-order valence-electron chi connectivity index (χ3n) is 5.52. The van der Waals surface area contributed by atoms with Gasteiger partial charge >= 0.3 is 0 Å². The number of rotatable bonds is 6. The van der Waals surface area contributed by atoms with Crippen LogP contribution in [0.5, 0.6) is 5.75 Å². The van der Waals surface area contributed by atoms with Crippen molar-refractivity contribution in [2.24, 2.45) is 0 Å². The van der Waals surface area contributed by atoms with E-state index in [0.29, 0.717) is 5.56 Å². The van der Waals surface area contributed by atoms with E-state index in [0.717, 1.165) is 39.8 Å². The Morgan fingerprint density at radius 1 is 1.14 bits per heavy atom. The zero-order chi connectivity index (χ0) is 20.5. The highest BCUT2D eigenvalue weighted by atomic mass is 16.5. The van der Waals surface area contributed by atoms with Gasteiger partial charge in [-0.1, -0.05) is 43.3 Å². The molecule has 148 valence electrons. The number of benzene rings is 3. The van der Waals surface area contributed by atoms with E-state index < -0.39 is 0 Å². The van der Waals surface area contributed by atoms with E-state index in [-0.39, 0.29) is 24.4 Å². The van der Waals surface area contributed by atoms with Crippen LogP contribution in [-0.2, 0) is 4.79 Å². The molecule has 1 atom stereocenters. The molecule has 0 saturated heterocycles. The number of nitrogens with one attached hydrogen (secondary N) is 1. The number of ether oxygens (including phenoxy) is 1. The molecular formula is C24H24N2O3. The lowest BCUT2D eigenvalue weighted by Crippen LogP contribution is -2.40. The van der Waals surface area contributed by atoms with Gasteiger partial charge in [-0.15, -0.1) is 0 Å². The number of methoxy groups -OCH3 is 1. The molecule has 0 radical (unpaired) electrons. The molecule has 0 aromatic heterocycles. The largest absolute Gasteiger partial charge is 0.496 e. The van der Waals surface area contributed by atoms with Crippen molar-refractivity contribution in [1.29, 1.82) is 0 Å². The molecule has 3 aromatic rings. The van der Waals surface area contributed by atoms with Gasteiger partial charge in [0.1, 0.15) is 12.3 Å². The summed E-state index contributed by atoms with van der Waals surface area (Å²) in [5, 5.41) is 5.01. The minimum atomic E-state index is -0.177. The second-order valence-electron chi connectivity index (χ2n) is 7.33. The zero-order valence-corrected chi connectivity index (χ0v) is 16.9. The number of aryl methyl sites for hydroxylation is 1. The Hall–Kier alpha value is -3.34. The molecule has 1 unspecified atom stereocenters. The Balaban J connectivity index is 1.53. The molecule has 0 spiro atoms. The number of hydrogen-bond donors (Lipinski definition) is 1. The van der Waals surface area contributed by atoms with Crippen molar-refractivity contribution in [3.05, 3.63) is 71.3 Å². The predicted molar refractivity (Wildman–Crippen MR) is 115 cm³/mol. The lowest BCUT2D eigenvalue weighted by molar-refractivity contribution is -0.120. The zero-order valence-electron chi connectivity index (χ0n) is 16.9. The van der Waals surface area contributed by atoms with E-state index in [1.165, 1.54) is 0 Å². The molecule has 5 heteroatoms. The van der Waals surface area contributed by atoms with Gasteiger partial charge in [0.05, 0.1) is 18.8 Å².